The van der Waals surface area contributed by atoms with Gasteiger partial charge in [-0.15, -0.1) is 4.43 Å². The van der Waals surface area contributed by atoms with Crippen LogP contribution in [0.5, 0.6) is 0 Å². The van der Waals surface area contributed by atoms with Crippen molar-refractivity contribution in [1.82, 2.24) is 0 Å². The molecule has 0 amide bonds. The molecule has 1 heterocycles. The van der Waals surface area contributed by atoms with Crippen molar-refractivity contribution in [3.63, 3.8) is 0 Å². The predicted molar refractivity (Wildman–Crippen MR) is 69.7 cm³/mol. The Morgan fingerprint density at radius 1 is 1.29 bits per heavy atom. The van der Waals surface area contributed by atoms with Crippen molar-refractivity contribution in [3.8, 4) is 0 Å². The van der Waals surface area contributed by atoms with Crippen LogP contribution in [-0.4, -0.2) is 29.9 Å². The quantitative estimate of drug-likeness (QED) is 0.696. The number of benzene rings is 1. The fraction of sp³-hybridized carbons (Fsp3) is 0.538. The van der Waals surface area contributed by atoms with Gasteiger partial charge in [0.2, 0.25) is 0 Å². The van der Waals surface area contributed by atoms with E-state index < -0.39 is 6.43 Å². The highest BCUT2D eigenvalue weighted by Gasteiger charge is 2.18. The standard InChI is InChI=1S/C11H12F2N.C2H6.Al/c1-14-6-2-3-8-4-5-9(11(12)13)7-10(8)14;1-2;/h4,7,11H,2-3,6H2,1H3;1-2H3;. The van der Waals surface area contributed by atoms with E-state index in [4.69, 9.17) is 0 Å². The smallest absolute Gasteiger partial charge is 0.262 e. The molecule has 0 unspecified atom stereocenters. The van der Waals surface area contributed by atoms with E-state index in [9.17, 15) is 8.78 Å². The van der Waals surface area contributed by atoms with Gasteiger partial charge in [0, 0.05) is 24.8 Å². The van der Waals surface area contributed by atoms with E-state index >= 15 is 0 Å². The molecule has 2 rings (SSSR count). The Morgan fingerprint density at radius 2 is 1.94 bits per heavy atom. The van der Waals surface area contributed by atoms with Gasteiger partial charge in [0.1, 0.15) is 0 Å². The van der Waals surface area contributed by atoms with E-state index in [0.29, 0.717) is 4.43 Å². The summed E-state index contributed by atoms with van der Waals surface area (Å²) in [6, 6.07) is 3.50. The van der Waals surface area contributed by atoms with Crippen molar-refractivity contribution in [2.75, 3.05) is 18.5 Å². The second-order valence-corrected chi connectivity index (χ2v) is 4.56. The van der Waals surface area contributed by atoms with Crippen LogP contribution in [0.15, 0.2) is 12.1 Å². The number of hydrogen-bond acceptors (Lipinski definition) is 1. The van der Waals surface area contributed by atoms with E-state index in [1.165, 1.54) is 5.56 Å². The SMILES string of the molecule is CC.CN1CCCc2c[c]([Al])c(C(F)F)cc21. The maximum absolute atomic E-state index is 12.7. The summed E-state index contributed by atoms with van der Waals surface area (Å²) in [7, 11) is 1.95. The Balaban J connectivity index is 0.000000686. The third kappa shape index (κ3) is 3.20. The van der Waals surface area contributed by atoms with Gasteiger partial charge >= 0.3 is 0 Å². The first-order valence-corrected chi connectivity index (χ1v) is 6.59. The zero-order chi connectivity index (χ0) is 13.0. The van der Waals surface area contributed by atoms with Gasteiger partial charge in [0.05, 0.1) is 0 Å². The van der Waals surface area contributed by atoms with Gasteiger partial charge in [0.25, 0.3) is 6.43 Å². The van der Waals surface area contributed by atoms with E-state index in [1.807, 2.05) is 27.0 Å². The lowest BCUT2D eigenvalue weighted by Crippen LogP contribution is -2.27. The van der Waals surface area contributed by atoms with Crippen LogP contribution in [-0.2, 0) is 6.42 Å². The molecular formula is C13H18AlF2N. The minimum atomic E-state index is -2.39. The Hall–Kier alpha value is -0.588. The zero-order valence-electron chi connectivity index (χ0n) is 10.6. The third-order valence-electron chi connectivity index (χ3n) is 2.87. The van der Waals surface area contributed by atoms with E-state index in [-0.39, 0.29) is 5.56 Å². The highest BCUT2D eigenvalue weighted by atomic mass is 27.0. The van der Waals surface area contributed by atoms with Crippen molar-refractivity contribution in [2.45, 2.75) is 33.1 Å². The molecule has 0 N–H and O–H groups in total. The number of nitrogens with zero attached hydrogens (tertiary/aromatic N) is 1. The lowest BCUT2D eigenvalue weighted by Gasteiger charge is -2.29. The highest BCUT2D eigenvalue weighted by Crippen LogP contribution is 2.29. The average molecular weight is 253 g/mol. The van der Waals surface area contributed by atoms with Crippen molar-refractivity contribution in [1.29, 1.82) is 0 Å². The number of hydrogen-bond donors (Lipinski definition) is 0. The van der Waals surface area contributed by atoms with Gasteiger partial charge in [0.15, 0.2) is 16.3 Å². The molecule has 0 saturated heterocycles. The van der Waals surface area contributed by atoms with Gasteiger partial charge < -0.3 is 4.90 Å². The van der Waals surface area contributed by atoms with E-state index in [1.54, 1.807) is 6.07 Å². The van der Waals surface area contributed by atoms with Crippen molar-refractivity contribution < 1.29 is 8.78 Å². The largest absolute Gasteiger partial charge is 0.374 e. The van der Waals surface area contributed by atoms with Gasteiger partial charge in [-0.05, 0) is 24.5 Å². The van der Waals surface area contributed by atoms with Gasteiger partial charge in [-0.25, -0.2) is 8.78 Å². The Labute approximate surface area is 110 Å². The molecule has 1 aromatic rings. The molecule has 0 fully saturated rings. The third-order valence-corrected chi connectivity index (χ3v) is 3.37. The number of halogens is 2. The summed E-state index contributed by atoms with van der Waals surface area (Å²) < 4.78 is 26.0. The molecule has 1 aromatic carbocycles. The van der Waals surface area contributed by atoms with Gasteiger partial charge in [-0.2, -0.15) is 0 Å². The number of anilines is 1. The molecule has 4 heteroatoms. The molecule has 0 spiro atoms. The van der Waals surface area contributed by atoms with E-state index in [2.05, 4.69) is 21.2 Å². The van der Waals surface area contributed by atoms with Crippen LogP contribution in [0, 0.1) is 0 Å². The summed E-state index contributed by atoms with van der Waals surface area (Å²) in [6.45, 7) is 4.95. The zero-order valence-corrected chi connectivity index (χ0v) is 11.8. The van der Waals surface area contributed by atoms with Crippen LogP contribution < -0.4 is 9.33 Å². The summed E-state index contributed by atoms with van der Waals surface area (Å²) in [5.41, 5.74) is 2.27. The molecule has 1 nitrogen and oxygen atoms in total. The first-order chi connectivity index (χ1) is 8.09. The predicted octanol–water partition coefficient (Wildman–Crippen LogP) is 2.83. The number of rotatable bonds is 1. The number of fused-ring (bicyclic) bond motifs is 1. The maximum atomic E-state index is 12.7. The monoisotopic (exact) mass is 253 g/mol. The maximum Gasteiger partial charge on any atom is 0.262 e. The normalized spacial score (nSPS) is 14.1. The summed E-state index contributed by atoms with van der Waals surface area (Å²) in [5, 5.41) is 0. The summed E-state index contributed by atoms with van der Waals surface area (Å²) >= 11 is 2.40. The molecular weight excluding hydrogens is 235 g/mol. The first kappa shape index (κ1) is 14.5. The molecule has 1 aliphatic heterocycles. The molecule has 0 saturated carbocycles. The highest BCUT2D eigenvalue weighted by molar-refractivity contribution is 6.33. The second-order valence-electron chi connectivity index (χ2n) is 3.94. The van der Waals surface area contributed by atoms with Gasteiger partial charge in [-0.3, -0.25) is 0 Å². The van der Waals surface area contributed by atoms with Crippen molar-refractivity contribution in [3.05, 3.63) is 23.3 Å². The van der Waals surface area contributed by atoms with Crippen LogP contribution in [0.1, 0.15) is 37.8 Å². The van der Waals surface area contributed by atoms with Crippen LogP contribution in [0.2, 0.25) is 0 Å². The summed E-state index contributed by atoms with van der Waals surface area (Å²) in [6.07, 6.45) is -0.301. The molecule has 0 aliphatic carbocycles. The Kier molecular flexibility index (Phi) is 5.43. The molecule has 0 bridgehead atoms. The molecule has 0 aromatic heterocycles. The topological polar surface area (TPSA) is 3.24 Å². The number of aryl methyl sites for hydroxylation is 1. The molecule has 1 aliphatic rings. The lowest BCUT2D eigenvalue weighted by atomic mass is 10.00. The molecule has 92 valence electrons. The Bertz CT molecular complexity index is 380. The molecule has 17 heavy (non-hydrogen) atoms. The summed E-state index contributed by atoms with van der Waals surface area (Å²) in [5.74, 6) is 0. The first-order valence-electron chi connectivity index (χ1n) is 6.01. The minimum absolute atomic E-state index is 0.132. The van der Waals surface area contributed by atoms with Crippen molar-refractivity contribution >= 4 is 26.4 Å². The minimum Gasteiger partial charge on any atom is -0.374 e. The number of alkyl halides is 2. The fourth-order valence-electron chi connectivity index (χ4n) is 2.04. The van der Waals surface area contributed by atoms with Crippen LogP contribution >= 0.6 is 0 Å². The van der Waals surface area contributed by atoms with Gasteiger partial charge in [-0.1, -0.05) is 19.9 Å². The van der Waals surface area contributed by atoms with Crippen molar-refractivity contribution in [2.24, 2.45) is 0 Å². The van der Waals surface area contributed by atoms with Crippen LogP contribution in [0.4, 0.5) is 14.5 Å². The van der Waals surface area contributed by atoms with Crippen LogP contribution in [0.25, 0.3) is 0 Å². The molecule has 0 atom stereocenters. The Morgan fingerprint density at radius 3 is 2.53 bits per heavy atom. The second kappa shape index (κ2) is 6.37. The summed E-state index contributed by atoms with van der Waals surface area (Å²) in [4.78, 5) is 2.05. The average Bonchev–Trinajstić information content (AvgIpc) is 2.31. The van der Waals surface area contributed by atoms with Crippen LogP contribution in [0.3, 0.4) is 0 Å². The fourth-order valence-corrected chi connectivity index (χ4v) is 2.45. The molecule has 2 radical (unpaired) electrons. The van der Waals surface area contributed by atoms with E-state index in [0.717, 1.165) is 25.1 Å². The lowest BCUT2D eigenvalue weighted by molar-refractivity contribution is 0.152.